The number of hydrogen-bond donors (Lipinski definition) is 1. The van der Waals surface area contributed by atoms with E-state index in [1.807, 2.05) is 48.7 Å². The number of rotatable bonds is 4. The predicted molar refractivity (Wildman–Crippen MR) is 106 cm³/mol. The summed E-state index contributed by atoms with van der Waals surface area (Å²) in [6.07, 6.45) is 5.60. The largest absolute Gasteiger partial charge is 0.490 e. The summed E-state index contributed by atoms with van der Waals surface area (Å²) in [6.45, 7) is 1.85. The first-order chi connectivity index (χ1) is 13.2. The van der Waals surface area contributed by atoms with Crippen molar-refractivity contribution in [2.75, 3.05) is 18.0 Å². The molecule has 2 aliphatic heterocycles. The van der Waals surface area contributed by atoms with Crippen LogP contribution in [0.5, 0.6) is 5.75 Å². The van der Waals surface area contributed by atoms with Crippen molar-refractivity contribution in [2.24, 2.45) is 0 Å². The number of imide groups is 1. The lowest BCUT2D eigenvalue weighted by Gasteiger charge is -2.32. The lowest BCUT2D eigenvalue weighted by molar-refractivity contribution is -0.115. The first kappa shape index (κ1) is 17.6. The lowest BCUT2D eigenvalue weighted by Crippen LogP contribution is -2.38. The molecule has 2 saturated heterocycles. The fraction of sp³-hybridized carbons (Fsp3) is 0.250. The third-order valence-corrected chi connectivity index (χ3v) is 5.35. The van der Waals surface area contributed by atoms with E-state index >= 15 is 0 Å². The van der Waals surface area contributed by atoms with E-state index in [1.165, 1.54) is 0 Å². The van der Waals surface area contributed by atoms with Gasteiger partial charge in [0.1, 0.15) is 17.7 Å². The molecule has 138 valence electrons. The van der Waals surface area contributed by atoms with Crippen molar-refractivity contribution in [1.82, 2.24) is 10.3 Å². The molecule has 6 nitrogen and oxygen atoms in total. The average molecular weight is 381 g/mol. The van der Waals surface area contributed by atoms with Crippen LogP contribution in [-0.2, 0) is 4.79 Å². The minimum absolute atomic E-state index is 0.183. The summed E-state index contributed by atoms with van der Waals surface area (Å²) in [5.74, 6) is 1.48. The molecule has 2 fully saturated rings. The molecule has 1 aromatic heterocycles. The van der Waals surface area contributed by atoms with Crippen molar-refractivity contribution in [2.45, 2.75) is 18.9 Å². The molecule has 1 N–H and O–H groups in total. The Morgan fingerprint density at radius 1 is 1.11 bits per heavy atom. The number of aromatic nitrogens is 1. The zero-order valence-corrected chi connectivity index (χ0v) is 15.4. The maximum Gasteiger partial charge on any atom is 0.290 e. The zero-order valence-electron chi connectivity index (χ0n) is 14.6. The van der Waals surface area contributed by atoms with Gasteiger partial charge in [0.2, 0.25) is 0 Å². The van der Waals surface area contributed by atoms with Crippen LogP contribution in [0.2, 0.25) is 0 Å². The molecule has 2 amide bonds. The van der Waals surface area contributed by atoms with Crippen molar-refractivity contribution in [3.8, 4) is 5.75 Å². The van der Waals surface area contributed by atoms with Crippen LogP contribution in [0.3, 0.4) is 0 Å². The number of pyridine rings is 1. The fourth-order valence-electron chi connectivity index (χ4n) is 3.15. The SMILES string of the molecule is O=C1NC(=O)/C(=C/c2ccc(OC3CCN(c4ccccn4)CC3)cc2)S1. The minimum atomic E-state index is -0.343. The Bertz CT molecular complexity index is 860. The van der Waals surface area contributed by atoms with Crippen LogP contribution in [0.25, 0.3) is 6.08 Å². The highest BCUT2D eigenvalue weighted by molar-refractivity contribution is 8.18. The summed E-state index contributed by atoms with van der Waals surface area (Å²) in [5, 5.41) is 1.92. The van der Waals surface area contributed by atoms with Gasteiger partial charge in [0.15, 0.2) is 0 Å². The highest BCUT2D eigenvalue weighted by atomic mass is 32.2. The van der Waals surface area contributed by atoms with Crippen molar-refractivity contribution in [3.05, 3.63) is 59.1 Å². The molecule has 2 aliphatic rings. The molecule has 0 bridgehead atoms. The number of hydrogen-bond acceptors (Lipinski definition) is 6. The number of carbonyl (C=O) groups excluding carboxylic acids is 2. The van der Waals surface area contributed by atoms with E-state index in [9.17, 15) is 9.59 Å². The van der Waals surface area contributed by atoms with E-state index < -0.39 is 0 Å². The van der Waals surface area contributed by atoms with Gasteiger partial charge in [0, 0.05) is 32.1 Å². The fourth-order valence-corrected chi connectivity index (χ4v) is 3.83. The number of nitrogens with one attached hydrogen (secondary N) is 1. The smallest absolute Gasteiger partial charge is 0.290 e. The van der Waals surface area contributed by atoms with E-state index in [1.54, 1.807) is 6.08 Å². The second-order valence-corrected chi connectivity index (χ2v) is 7.43. The van der Waals surface area contributed by atoms with Crippen LogP contribution in [0.1, 0.15) is 18.4 Å². The number of carbonyl (C=O) groups is 2. The molecule has 2 aromatic rings. The van der Waals surface area contributed by atoms with Gasteiger partial charge < -0.3 is 9.64 Å². The van der Waals surface area contributed by atoms with Crippen LogP contribution in [0.15, 0.2) is 53.6 Å². The Labute approximate surface area is 161 Å². The molecule has 27 heavy (non-hydrogen) atoms. The Morgan fingerprint density at radius 3 is 2.52 bits per heavy atom. The Morgan fingerprint density at radius 2 is 1.89 bits per heavy atom. The van der Waals surface area contributed by atoms with Gasteiger partial charge in [-0.25, -0.2) is 4.98 Å². The number of nitrogens with zero attached hydrogens (tertiary/aromatic N) is 2. The van der Waals surface area contributed by atoms with Gasteiger partial charge in [-0.1, -0.05) is 18.2 Å². The quantitative estimate of drug-likeness (QED) is 0.818. The van der Waals surface area contributed by atoms with Crippen molar-refractivity contribution in [3.63, 3.8) is 0 Å². The molecule has 0 aliphatic carbocycles. The van der Waals surface area contributed by atoms with Crippen molar-refractivity contribution >= 4 is 34.8 Å². The predicted octanol–water partition coefficient (Wildman–Crippen LogP) is 3.45. The molecule has 0 spiro atoms. The highest BCUT2D eigenvalue weighted by Gasteiger charge is 2.25. The molecule has 1 aromatic carbocycles. The standard InChI is InChI=1S/C20H19N3O3S/c24-19-17(27-20(25)22-19)13-14-4-6-15(7-5-14)26-16-8-11-23(12-9-16)18-3-1-2-10-21-18/h1-7,10,13,16H,8-9,11-12H2,(H,22,24,25)/b17-13-. The molecule has 0 atom stereocenters. The maximum absolute atomic E-state index is 11.6. The molecule has 4 rings (SSSR count). The number of ether oxygens (including phenoxy) is 1. The Kier molecular flexibility index (Phi) is 5.11. The Balaban J connectivity index is 1.32. The van der Waals surface area contributed by atoms with Gasteiger partial charge in [0.05, 0.1) is 4.91 Å². The third kappa shape index (κ3) is 4.31. The van der Waals surface area contributed by atoms with Crippen LogP contribution in [0, 0.1) is 0 Å². The normalized spacial score (nSPS) is 19.4. The zero-order chi connectivity index (χ0) is 18.6. The van der Waals surface area contributed by atoms with Crippen LogP contribution >= 0.6 is 11.8 Å². The van der Waals surface area contributed by atoms with Crippen LogP contribution in [-0.4, -0.2) is 35.3 Å². The second-order valence-electron chi connectivity index (χ2n) is 6.41. The topological polar surface area (TPSA) is 71.5 Å². The first-order valence-electron chi connectivity index (χ1n) is 8.85. The van der Waals surface area contributed by atoms with Crippen molar-refractivity contribution < 1.29 is 14.3 Å². The van der Waals surface area contributed by atoms with Crippen LogP contribution < -0.4 is 15.0 Å². The summed E-state index contributed by atoms with van der Waals surface area (Å²) >= 11 is 0.920. The van der Waals surface area contributed by atoms with Gasteiger partial charge >= 0.3 is 0 Å². The summed E-state index contributed by atoms with van der Waals surface area (Å²) in [5.41, 5.74) is 0.861. The van der Waals surface area contributed by atoms with E-state index in [4.69, 9.17) is 4.74 Å². The van der Waals surface area contributed by atoms with E-state index in [0.29, 0.717) is 4.91 Å². The summed E-state index contributed by atoms with van der Waals surface area (Å²) in [4.78, 5) is 29.9. The Hall–Kier alpha value is -2.80. The summed E-state index contributed by atoms with van der Waals surface area (Å²) in [7, 11) is 0. The number of benzene rings is 1. The molecule has 0 radical (unpaired) electrons. The number of amides is 2. The number of piperidine rings is 1. The van der Waals surface area contributed by atoms with E-state index in [2.05, 4.69) is 15.2 Å². The van der Waals surface area contributed by atoms with Gasteiger partial charge in [-0.2, -0.15) is 0 Å². The molecule has 3 heterocycles. The monoisotopic (exact) mass is 381 g/mol. The van der Waals surface area contributed by atoms with Crippen molar-refractivity contribution in [1.29, 1.82) is 0 Å². The molecule has 7 heteroatoms. The minimum Gasteiger partial charge on any atom is -0.490 e. The summed E-state index contributed by atoms with van der Waals surface area (Å²) in [6, 6.07) is 13.5. The number of anilines is 1. The summed E-state index contributed by atoms with van der Waals surface area (Å²) < 4.78 is 6.10. The maximum atomic E-state index is 11.6. The van der Waals surface area contributed by atoms with Gasteiger partial charge in [0.25, 0.3) is 11.1 Å². The molecule has 0 saturated carbocycles. The lowest BCUT2D eigenvalue weighted by atomic mass is 10.1. The highest BCUT2D eigenvalue weighted by Crippen LogP contribution is 2.27. The van der Waals surface area contributed by atoms with E-state index in [-0.39, 0.29) is 17.3 Å². The molecule has 0 unspecified atom stereocenters. The number of thioether (sulfide) groups is 1. The first-order valence-corrected chi connectivity index (χ1v) is 9.66. The second kappa shape index (κ2) is 7.84. The third-order valence-electron chi connectivity index (χ3n) is 4.54. The van der Waals surface area contributed by atoms with Gasteiger partial charge in [-0.15, -0.1) is 0 Å². The molecular formula is C20H19N3O3S. The van der Waals surface area contributed by atoms with Gasteiger partial charge in [-0.05, 0) is 47.7 Å². The van der Waals surface area contributed by atoms with E-state index in [0.717, 1.165) is 54.8 Å². The van der Waals surface area contributed by atoms with Gasteiger partial charge in [-0.3, -0.25) is 14.9 Å². The molecular weight excluding hydrogens is 362 g/mol. The van der Waals surface area contributed by atoms with Crippen LogP contribution in [0.4, 0.5) is 10.6 Å². The average Bonchev–Trinajstić information content (AvgIpc) is 3.01.